The Morgan fingerprint density at radius 2 is 1.04 bits per heavy atom. The van der Waals surface area contributed by atoms with Crippen LogP contribution >= 0.6 is 0 Å². The van der Waals surface area contributed by atoms with Gasteiger partial charge in [0.25, 0.3) is 0 Å². The molecule has 11 nitrogen and oxygen atoms in total. The molecule has 0 aromatic carbocycles. The summed E-state index contributed by atoms with van der Waals surface area (Å²) in [6.45, 7) is 1.33. The van der Waals surface area contributed by atoms with Crippen molar-refractivity contribution >= 4 is 11.9 Å². The molecule has 0 bridgehead atoms. The first-order valence-corrected chi connectivity index (χ1v) is 7.63. The van der Waals surface area contributed by atoms with Crippen LogP contribution in [0, 0.1) is 0 Å². The Hall–Kier alpha value is -1.34. The van der Waals surface area contributed by atoms with Gasteiger partial charge in [0.05, 0.1) is 39.6 Å². The number of esters is 2. The molecule has 0 aliphatic heterocycles. The standard InChI is InChI=1S/C12H22O10.C2H6O/c13-1-3-19-5-7-21-11(17)9(15)10(16)12(18)22-8-6-20-4-2-14;1-2-3/h9-10,13-16H,1-8H2;3H,2H2,1H3. The number of aliphatic hydroxyl groups is 5. The van der Waals surface area contributed by atoms with Crippen LogP contribution in [0.3, 0.4) is 0 Å². The van der Waals surface area contributed by atoms with Gasteiger partial charge in [-0.1, -0.05) is 0 Å². The molecule has 0 radical (unpaired) electrons. The first-order chi connectivity index (χ1) is 12.0. The zero-order chi connectivity index (χ0) is 19.5. The highest BCUT2D eigenvalue weighted by molar-refractivity contribution is 5.85. The molecule has 0 aliphatic carbocycles. The largest absolute Gasteiger partial charge is 0.461 e. The smallest absolute Gasteiger partial charge is 0.338 e. The molecule has 0 rings (SSSR count). The van der Waals surface area contributed by atoms with Gasteiger partial charge in [-0.3, -0.25) is 0 Å². The van der Waals surface area contributed by atoms with E-state index in [1.54, 1.807) is 6.92 Å². The Morgan fingerprint density at radius 3 is 1.32 bits per heavy atom. The molecule has 0 aliphatic rings. The molecular weight excluding hydrogens is 344 g/mol. The molecule has 2 unspecified atom stereocenters. The molecule has 0 spiro atoms. The van der Waals surface area contributed by atoms with E-state index in [0.717, 1.165) is 0 Å². The van der Waals surface area contributed by atoms with Crippen LogP contribution in [0.2, 0.25) is 0 Å². The van der Waals surface area contributed by atoms with Crippen molar-refractivity contribution in [1.82, 2.24) is 0 Å². The Bertz CT molecular complexity index is 294. The maximum absolute atomic E-state index is 11.3. The van der Waals surface area contributed by atoms with Crippen molar-refractivity contribution in [2.45, 2.75) is 19.1 Å². The van der Waals surface area contributed by atoms with Gasteiger partial charge in [-0.25, -0.2) is 9.59 Å². The predicted molar refractivity (Wildman–Crippen MR) is 82.5 cm³/mol. The van der Waals surface area contributed by atoms with Gasteiger partial charge in [-0.2, -0.15) is 0 Å². The molecule has 0 amide bonds. The highest BCUT2D eigenvalue weighted by Gasteiger charge is 2.32. The normalized spacial score (nSPS) is 12.6. The fraction of sp³-hybridized carbons (Fsp3) is 0.857. The topological polar surface area (TPSA) is 172 Å². The van der Waals surface area contributed by atoms with Crippen LogP contribution in [0.5, 0.6) is 0 Å². The summed E-state index contributed by atoms with van der Waals surface area (Å²) in [5.74, 6) is -2.40. The SMILES string of the molecule is CCO.O=C(OCCOCCO)C(O)C(O)C(=O)OCCOCCO. The number of aliphatic hydroxyl groups excluding tert-OH is 5. The van der Waals surface area contributed by atoms with Crippen LogP contribution in [0.15, 0.2) is 0 Å². The second-order valence-electron chi connectivity index (χ2n) is 4.21. The third-order valence-electron chi connectivity index (χ3n) is 2.20. The highest BCUT2D eigenvalue weighted by atomic mass is 16.6. The zero-order valence-electron chi connectivity index (χ0n) is 14.2. The van der Waals surface area contributed by atoms with E-state index < -0.39 is 24.1 Å². The maximum Gasteiger partial charge on any atom is 0.338 e. The molecule has 5 N–H and O–H groups in total. The maximum atomic E-state index is 11.3. The number of rotatable bonds is 13. The first-order valence-electron chi connectivity index (χ1n) is 7.63. The summed E-state index contributed by atoms with van der Waals surface area (Å²) in [5.41, 5.74) is 0. The summed E-state index contributed by atoms with van der Waals surface area (Å²) in [6, 6.07) is 0. The van der Waals surface area contributed by atoms with Gasteiger partial charge in [0.15, 0.2) is 12.2 Å². The minimum Gasteiger partial charge on any atom is -0.461 e. The second-order valence-corrected chi connectivity index (χ2v) is 4.21. The monoisotopic (exact) mass is 372 g/mol. The minimum atomic E-state index is -2.08. The van der Waals surface area contributed by atoms with Gasteiger partial charge < -0.3 is 44.5 Å². The predicted octanol–water partition coefficient (Wildman–Crippen LogP) is -3.19. The van der Waals surface area contributed by atoms with E-state index in [2.05, 4.69) is 9.47 Å². The lowest BCUT2D eigenvalue weighted by atomic mass is 10.2. The minimum absolute atomic E-state index is 0.00174. The van der Waals surface area contributed by atoms with Crippen LogP contribution in [-0.4, -0.2) is 109 Å². The summed E-state index contributed by atoms with van der Waals surface area (Å²) in [7, 11) is 0. The van der Waals surface area contributed by atoms with E-state index in [1.165, 1.54) is 0 Å². The van der Waals surface area contributed by atoms with Crippen LogP contribution in [0.4, 0.5) is 0 Å². The molecule has 11 heteroatoms. The molecule has 25 heavy (non-hydrogen) atoms. The molecular formula is C14H28O11. The van der Waals surface area contributed by atoms with E-state index in [9.17, 15) is 19.8 Å². The summed E-state index contributed by atoms with van der Waals surface area (Å²) in [5, 5.41) is 43.3. The fourth-order valence-corrected chi connectivity index (χ4v) is 1.16. The van der Waals surface area contributed by atoms with Crippen LogP contribution in [-0.2, 0) is 28.5 Å². The van der Waals surface area contributed by atoms with Crippen molar-refractivity contribution in [3.05, 3.63) is 0 Å². The van der Waals surface area contributed by atoms with Gasteiger partial charge in [0.1, 0.15) is 13.2 Å². The van der Waals surface area contributed by atoms with Crippen molar-refractivity contribution in [3.63, 3.8) is 0 Å². The molecule has 0 heterocycles. The first kappa shape index (κ1) is 25.9. The van der Waals surface area contributed by atoms with E-state index in [-0.39, 0.29) is 59.5 Å². The lowest BCUT2D eigenvalue weighted by Crippen LogP contribution is -2.42. The zero-order valence-corrected chi connectivity index (χ0v) is 14.2. The van der Waals surface area contributed by atoms with Crippen molar-refractivity contribution in [2.75, 3.05) is 59.5 Å². The van der Waals surface area contributed by atoms with Crippen molar-refractivity contribution < 1.29 is 54.1 Å². The number of hydrogen-bond acceptors (Lipinski definition) is 11. The summed E-state index contributed by atoms with van der Waals surface area (Å²) >= 11 is 0. The molecule has 0 fully saturated rings. The van der Waals surface area contributed by atoms with E-state index >= 15 is 0 Å². The second kappa shape index (κ2) is 19.0. The van der Waals surface area contributed by atoms with Gasteiger partial charge in [0.2, 0.25) is 0 Å². The van der Waals surface area contributed by atoms with Crippen molar-refractivity contribution in [1.29, 1.82) is 0 Å². The molecule has 0 aromatic rings. The average molecular weight is 372 g/mol. The molecule has 0 saturated carbocycles. The summed E-state index contributed by atoms with van der Waals surface area (Å²) in [4.78, 5) is 22.7. The third-order valence-corrected chi connectivity index (χ3v) is 2.20. The number of carbonyl (C=O) groups is 2. The van der Waals surface area contributed by atoms with Gasteiger partial charge >= 0.3 is 11.9 Å². The number of carbonyl (C=O) groups excluding carboxylic acids is 2. The van der Waals surface area contributed by atoms with Crippen LogP contribution in [0.1, 0.15) is 6.92 Å². The van der Waals surface area contributed by atoms with Crippen molar-refractivity contribution in [2.24, 2.45) is 0 Å². The molecule has 0 saturated heterocycles. The molecule has 2 atom stereocenters. The quantitative estimate of drug-likeness (QED) is 0.163. The number of hydrogen-bond donors (Lipinski definition) is 5. The van der Waals surface area contributed by atoms with E-state index in [1.807, 2.05) is 0 Å². The molecule has 150 valence electrons. The van der Waals surface area contributed by atoms with Crippen LogP contribution < -0.4 is 0 Å². The average Bonchev–Trinajstić information content (AvgIpc) is 2.60. The summed E-state index contributed by atoms with van der Waals surface area (Å²) in [6.07, 6.45) is -4.16. The van der Waals surface area contributed by atoms with Gasteiger partial charge in [0, 0.05) is 6.61 Å². The number of ether oxygens (including phenoxy) is 4. The summed E-state index contributed by atoms with van der Waals surface area (Å²) < 4.78 is 18.7. The van der Waals surface area contributed by atoms with Crippen molar-refractivity contribution in [3.8, 4) is 0 Å². The van der Waals surface area contributed by atoms with E-state index in [4.69, 9.17) is 24.8 Å². The van der Waals surface area contributed by atoms with Gasteiger partial charge in [-0.05, 0) is 6.92 Å². The third kappa shape index (κ3) is 15.9. The van der Waals surface area contributed by atoms with E-state index in [0.29, 0.717) is 0 Å². The lowest BCUT2D eigenvalue weighted by Gasteiger charge is -2.16. The Kier molecular flexibility index (Phi) is 19.7. The fourth-order valence-electron chi connectivity index (χ4n) is 1.16. The highest BCUT2D eigenvalue weighted by Crippen LogP contribution is 2.00. The Labute approximate surface area is 145 Å². The molecule has 0 aromatic heterocycles. The Balaban J connectivity index is 0. The van der Waals surface area contributed by atoms with Crippen LogP contribution in [0.25, 0.3) is 0 Å². The lowest BCUT2D eigenvalue weighted by molar-refractivity contribution is -0.174. The van der Waals surface area contributed by atoms with Gasteiger partial charge in [-0.15, -0.1) is 0 Å². The Morgan fingerprint density at radius 1 is 0.720 bits per heavy atom.